The zero-order chi connectivity index (χ0) is 7.40. The van der Waals surface area contributed by atoms with Gasteiger partial charge in [0.2, 0.25) is 0 Å². The van der Waals surface area contributed by atoms with Crippen LogP contribution in [0.2, 0.25) is 0 Å². The van der Waals surface area contributed by atoms with Gasteiger partial charge < -0.3 is 5.32 Å². The second-order valence-electron chi connectivity index (χ2n) is 3.13. The Balaban J connectivity index is 2.32. The van der Waals surface area contributed by atoms with Crippen molar-refractivity contribution in [3.05, 3.63) is 12.2 Å². The van der Waals surface area contributed by atoms with Gasteiger partial charge in [-0.1, -0.05) is 18.6 Å². The van der Waals surface area contributed by atoms with Gasteiger partial charge in [-0.2, -0.15) is 0 Å². The number of hydrogen-bond acceptors (Lipinski definition) is 1. The van der Waals surface area contributed by atoms with Gasteiger partial charge in [0.05, 0.1) is 0 Å². The van der Waals surface area contributed by atoms with E-state index in [9.17, 15) is 0 Å². The first-order valence-corrected chi connectivity index (χ1v) is 4.22. The third-order valence-corrected chi connectivity index (χ3v) is 2.08. The van der Waals surface area contributed by atoms with Crippen LogP contribution in [0.1, 0.15) is 33.1 Å². The van der Waals surface area contributed by atoms with Crippen molar-refractivity contribution in [1.82, 2.24) is 5.32 Å². The lowest BCUT2D eigenvalue weighted by Gasteiger charge is -2.26. The molecule has 0 amide bonds. The molecule has 1 heteroatoms. The van der Waals surface area contributed by atoms with E-state index < -0.39 is 0 Å². The van der Waals surface area contributed by atoms with Crippen LogP contribution in [0.5, 0.6) is 0 Å². The van der Waals surface area contributed by atoms with Crippen molar-refractivity contribution in [1.29, 1.82) is 0 Å². The molecule has 1 aliphatic heterocycles. The molecule has 58 valence electrons. The highest BCUT2D eigenvalue weighted by molar-refractivity contribution is 4.94. The molecule has 0 aromatic heterocycles. The molecule has 1 rings (SSSR count). The van der Waals surface area contributed by atoms with E-state index in [-0.39, 0.29) is 0 Å². The van der Waals surface area contributed by atoms with Crippen LogP contribution in [0.25, 0.3) is 0 Å². The van der Waals surface area contributed by atoms with Crippen LogP contribution in [0.4, 0.5) is 0 Å². The first-order valence-electron chi connectivity index (χ1n) is 4.22. The lowest BCUT2D eigenvalue weighted by Crippen LogP contribution is -2.39. The third kappa shape index (κ3) is 2.14. The molecule has 1 N–H and O–H groups in total. The van der Waals surface area contributed by atoms with E-state index in [4.69, 9.17) is 0 Å². The molecule has 0 bridgehead atoms. The number of hydrogen-bond donors (Lipinski definition) is 1. The van der Waals surface area contributed by atoms with E-state index in [2.05, 4.69) is 31.3 Å². The predicted octanol–water partition coefficient (Wildman–Crippen LogP) is 2.09. The first-order chi connectivity index (χ1) is 4.83. The molecule has 1 aliphatic rings. The molecule has 1 nitrogen and oxygen atoms in total. The lowest BCUT2D eigenvalue weighted by atomic mass is 9.99. The fourth-order valence-corrected chi connectivity index (χ4v) is 1.56. The molecule has 0 aromatic carbocycles. The Kier molecular flexibility index (Phi) is 2.94. The lowest BCUT2D eigenvalue weighted by molar-refractivity contribution is 0.374. The molecular weight excluding hydrogens is 122 g/mol. The van der Waals surface area contributed by atoms with Crippen LogP contribution < -0.4 is 5.32 Å². The van der Waals surface area contributed by atoms with Gasteiger partial charge in [-0.3, -0.25) is 0 Å². The van der Waals surface area contributed by atoms with E-state index in [1.165, 1.54) is 19.3 Å². The summed E-state index contributed by atoms with van der Waals surface area (Å²) in [4.78, 5) is 0. The zero-order valence-electron chi connectivity index (χ0n) is 6.93. The van der Waals surface area contributed by atoms with Crippen molar-refractivity contribution >= 4 is 0 Å². The summed E-state index contributed by atoms with van der Waals surface area (Å²) >= 11 is 0. The maximum absolute atomic E-state index is 3.53. The minimum absolute atomic E-state index is 0.647. The Labute approximate surface area is 63.5 Å². The van der Waals surface area contributed by atoms with E-state index in [1.807, 2.05) is 0 Å². The molecule has 0 saturated carbocycles. The number of allylic oxidation sites excluding steroid dienone is 1. The van der Waals surface area contributed by atoms with Gasteiger partial charge in [0.1, 0.15) is 0 Å². The van der Waals surface area contributed by atoms with E-state index in [1.54, 1.807) is 0 Å². The quantitative estimate of drug-likeness (QED) is 0.548. The molecule has 0 aromatic rings. The second-order valence-corrected chi connectivity index (χ2v) is 3.13. The van der Waals surface area contributed by atoms with Crippen molar-refractivity contribution in [2.75, 3.05) is 0 Å². The van der Waals surface area contributed by atoms with Crippen LogP contribution in [-0.2, 0) is 0 Å². The third-order valence-electron chi connectivity index (χ3n) is 2.08. The van der Waals surface area contributed by atoms with Crippen LogP contribution in [0.15, 0.2) is 12.2 Å². The summed E-state index contributed by atoms with van der Waals surface area (Å²) in [7, 11) is 0. The van der Waals surface area contributed by atoms with Crippen LogP contribution in [-0.4, -0.2) is 12.1 Å². The summed E-state index contributed by atoms with van der Waals surface area (Å²) < 4.78 is 0. The van der Waals surface area contributed by atoms with Gasteiger partial charge in [0.25, 0.3) is 0 Å². The van der Waals surface area contributed by atoms with Crippen LogP contribution in [0, 0.1) is 0 Å². The van der Waals surface area contributed by atoms with Crippen molar-refractivity contribution in [3.63, 3.8) is 0 Å². The summed E-state index contributed by atoms with van der Waals surface area (Å²) in [6.45, 7) is 4.34. The zero-order valence-corrected chi connectivity index (χ0v) is 6.93. The van der Waals surface area contributed by atoms with Gasteiger partial charge >= 0.3 is 0 Å². The maximum atomic E-state index is 3.53. The van der Waals surface area contributed by atoms with E-state index in [0.29, 0.717) is 6.04 Å². The molecule has 10 heavy (non-hydrogen) atoms. The van der Waals surface area contributed by atoms with E-state index in [0.717, 1.165) is 6.04 Å². The van der Waals surface area contributed by atoms with Gasteiger partial charge in [-0.05, 0) is 26.7 Å². The standard InChI is InChI=1S/C9H17N/c1-3-5-9-7-4-6-8(2)10-9/h3,5,8-10H,4,6-7H2,1-2H3/b5-3+/t8-,9+/m0/s1. The summed E-state index contributed by atoms with van der Waals surface area (Å²) in [6, 6.07) is 1.36. The largest absolute Gasteiger partial charge is 0.308 e. The summed E-state index contributed by atoms with van der Waals surface area (Å²) in [5.41, 5.74) is 0. The minimum Gasteiger partial charge on any atom is -0.308 e. The highest BCUT2D eigenvalue weighted by Gasteiger charge is 2.13. The maximum Gasteiger partial charge on any atom is 0.0252 e. The van der Waals surface area contributed by atoms with Gasteiger partial charge in [-0.25, -0.2) is 0 Å². The van der Waals surface area contributed by atoms with Crippen molar-refractivity contribution in [3.8, 4) is 0 Å². The highest BCUT2D eigenvalue weighted by Crippen LogP contribution is 2.12. The Morgan fingerprint density at radius 2 is 2.20 bits per heavy atom. The van der Waals surface area contributed by atoms with Crippen LogP contribution >= 0.6 is 0 Å². The summed E-state index contributed by atoms with van der Waals surface area (Å²) in [5.74, 6) is 0. The number of nitrogens with one attached hydrogen (secondary N) is 1. The average Bonchev–Trinajstić information content (AvgIpc) is 1.88. The molecule has 1 saturated heterocycles. The fourth-order valence-electron chi connectivity index (χ4n) is 1.56. The Bertz CT molecular complexity index is 118. The average molecular weight is 139 g/mol. The van der Waals surface area contributed by atoms with Crippen LogP contribution in [0.3, 0.4) is 0 Å². The normalized spacial score (nSPS) is 35.0. The summed E-state index contributed by atoms with van der Waals surface area (Å²) in [5, 5.41) is 3.53. The molecule has 0 unspecified atom stereocenters. The van der Waals surface area contributed by atoms with Gasteiger partial charge in [0, 0.05) is 12.1 Å². The monoisotopic (exact) mass is 139 g/mol. The Morgan fingerprint density at radius 1 is 1.40 bits per heavy atom. The molecule has 0 spiro atoms. The molecule has 1 fully saturated rings. The van der Waals surface area contributed by atoms with Crippen molar-refractivity contribution in [2.45, 2.75) is 45.2 Å². The van der Waals surface area contributed by atoms with Crippen molar-refractivity contribution in [2.24, 2.45) is 0 Å². The molecule has 0 aliphatic carbocycles. The molecule has 1 heterocycles. The number of rotatable bonds is 1. The van der Waals surface area contributed by atoms with Gasteiger partial charge in [-0.15, -0.1) is 0 Å². The van der Waals surface area contributed by atoms with Gasteiger partial charge in [0.15, 0.2) is 0 Å². The predicted molar refractivity (Wildman–Crippen MR) is 45.1 cm³/mol. The fraction of sp³-hybridized carbons (Fsp3) is 0.778. The molecule has 2 atom stereocenters. The minimum atomic E-state index is 0.647. The van der Waals surface area contributed by atoms with Crippen molar-refractivity contribution < 1.29 is 0 Å². The Hall–Kier alpha value is -0.300. The SMILES string of the molecule is C/C=C/[C@@H]1CCC[C@H](C)N1. The molecule has 0 radical (unpaired) electrons. The van der Waals surface area contributed by atoms with E-state index >= 15 is 0 Å². The number of piperidine rings is 1. The topological polar surface area (TPSA) is 12.0 Å². The second kappa shape index (κ2) is 3.77. The Morgan fingerprint density at radius 3 is 2.80 bits per heavy atom. The molecular formula is C9H17N. The highest BCUT2D eigenvalue weighted by atomic mass is 14.9. The summed E-state index contributed by atoms with van der Waals surface area (Å²) in [6.07, 6.45) is 8.43. The smallest absolute Gasteiger partial charge is 0.0252 e. The first kappa shape index (κ1) is 7.80.